The summed E-state index contributed by atoms with van der Waals surface area (Å²) in [5, 5.41) is 13.9. The van der Waals surface area contributed by atoms with Gasteiger partial charge < -0.3 is 21.5 Å². The Morgan fingerprint density at radius 1 is 1.31 bits per heavy atom. The first-order chi connectivity index (χ1) is 7.47. The van der Waals surface area contributed by atoms with Crippen molar-refractivity contribution in [3.8, 4) is 0 Å². The van der Waals surface area contributed by atoms with Gasteiger partial charge >= 0.3 is 12.0 Å². The van der Waals surface area contributed by atoms with Crippen molar-refractivity contribution in [3.05, 3.63) is 0 Å². The van der Waals surface area contributed by atoms with Crippen molar-refractivity contribution in [2.45, 2.75) is 20.3 Å². The third-order valence-electron chi connectivity index (χ3n) is 2.04. The van der Waals surface area contributed by atoms with Crippen LogP contribution in [0.1, 0.15) is 20.3 Å². The molecule has 0 saturated carbocycles. The van der Waals surface area contributed by atoms with Gasteiger partial charge in [-0.05, 0) is 12.3 Å². The predicted octanol–water partition coefficient (Wildman–Crippen LogP) is -0.00880. The van der Waals surface area contributed by atoms with E-state index in [1.165, 1.54) is 0 Å². The van der Waals surface area contributed by atoms with E-state index in [9.17, 15) is 9.59 Å². The number of nitrogens with one attached hydrogen (secondary N) is 2. The quantitative estimate of drug-likeness (QED) is 0.494. The second kappa shape index (κ2) is 7.92. The number of rotatable bonds is 7. The zero-order valence-corrected chi connectivity index (χ0v) is 9.82. The van der Waals surface area contributed by atoms with Gasteiger partial charge in [-0.15, -0.1) is 0 Å². The molecule has 0 aromatic carbocycles. The van der Waals surface area contributed by atoms with Crippen molar-refractivity contribution in [3.63, 3.8) is 0 Å². The van der Waals surface area contributed by atoms with Crippen LogP contribution in [0.4, 0.5) is 4.79 Å². The van der Waals surface area contributed by atoms with Crippen LogP contribution < -0.4 is 16.4 Å². The van der Waals surface area contributed by atoms with E-state index in [0.717, 1.165) is 0 Å². The predicted molar refractivity (Wildman–Crippen MR) is 61.0 cm³/mol. The van der Waals surface area contributed by atoms with Crippen molar-refractivity contribution < 1.29 is 14.7 Å². The van der Waals surface area contributed by atoms with Crippen LogP contribution in [0.2, 0.25) is 0 Å². The van der Waals surface area contributed by atoms with Gasteiger partial charge in [0.25, 0.3) is 0 Å². The highest BCUT2D eigenvalue weighted by atomic mass is 16.4. The van der Waals surface area contributed by atoms with Gasteiger partial charge in [-0.1, -0.05) is 13.8 Å². The van der Waals surface area contributed by atoms with Gasteiger partial charge in [0.05, 0.1) is 5.92 Å². The molecule has 6 nitrogen and oxygen atoms in total. The fourth-order valence-electron chi connectivity index (χ4n) is 1.30. The molecule has 1 unspecified atom stereocenters. The first-order valence-corrected chi connectivity index (χ1v) is 5.42. The monoisotopic (exact) mass is 231 g/mol. The zero-order valence-electron chi connectivity index (χ0n) is 9.82. The van der Waals surface area contributed by atoms with Crippen LogP contribution in [0.3, 0.4) is 0 Å². The maximum absolute atomic E-state index is 11.1. The number of urea groups is 1. The highest BCUT2D eigenvalue weighted by Gasteiger charge is 2.19. The molecule has 0 aromatic heterocycles. The molecule has 94 valence electrons. The Kier molecular flexibility index (Phi) is 7.28. The van der Waals surface area contributed by atoms with Crippen LogP contribution in [0.15, 0.2) is 0 Å². The van der Waals surface area contributed by atoms with Gasteiger partial charge in [-0.2, -0.15) is 0 Å². The van der Waals surface area contributed by atoms with E-state index in [-0.39, 0.29) is 18.5 Å². The first-order valence-electron chi connectivity index (χ1n) is 5.42. The van der Waals surface area contributed by atoms with E-state index in [1.807, 2.05) is 13.8 Å². The zero-order chi connectivity index (χ0) is 12.6. The van der Waals surface area contributed by atoms with Crippen molar-refractivity contribution in [2.24, 2.45) is 17.6 Å². The molecule has 0 radical (unpaired) electrons. The summed E-state index contributed by atoms with van der Waals surface area (Å²) in [7, 11) is 0. The molecule has 0 saturated heterocycles. The average Bonchev–Trinajstić information content (AvgIpc) is 2.20. The normalized spacial score (nSPS) is 12.2. The number of hydrogen-bond donors (Lipinski definition) is 4. The minimum absolute atomic E-state index is 0.143. The molecule has 16 heavy (non-hydrogen) atoms. The minimum Gasteiger partial charge on any atom is -0.481 e. The molecular weight excluding hydrogens is 210 g/mol. The number of carbonyl (C=O) groups excluding carboxylic acids is 1. The number of carboxylic acid groups (broad SMARTS) is 1. The summed E-state index contributed by atoms with van der Waals surface area (Å²) in [4.78, 5) is 22.0. The SMILES string of the molecule is CC(C)CC(CNC(=O)NCCN)C(=O)O. The van der Waals surface area contributed by atoms with Crippen molar-refractivity contribution in [1.29, 1.82) is 0 Å². The van der Waals surface area contributed by atoms with Crippen molar-refractivity contribution in [2.75, 3.05) is 19.6 Å². The number of aliphatic carboxylic acids is 1. The largest absolute Gasteiger partial charge is 0.481 e. The Morgan fingerprint density at radius 2 is 1.94 bits per heavy atom. The topological polar surface area (TPSA) is 104 Å². The Morgan fingerprint density at radius 3 is 2.38 bits per heavy atom. The molecule has 1 atom stereocenters. The fourth-order valence-corrected chi connectivity index (χ4v) is 1.30. The Bertz CT molecular complexity index is 231. The standard InChI is InChI=1S/C10H21N3O3/c1-7(2)5-8(9(14)15)6-13-10(16)12-4-3-11/h7-8H,3-6,11H2,1-2H3,(H,14,15)(H2,12,13,16). The second-order valence-corrected chi connectivity index (χ2v) is 4.09. The van der Waals surface area contributed by atoms with Gasteiger partial charge in [-0.25, -0.2) is 4.79 Å². The van der Waals surface area contributed by atoms with Crippen LogP contribution in [0, 0.1) is 11.8 Å². The van der Waals surface area contributed by atoms with Gasteiger partial charge in [0.1, 0.15) is 0 Å². The lowest BCUT2D eigenvalue weighted by molar-refractivity contribution is -0.142. The maximum atomic E-state index is 11.1. The highest BCUT2D eigenvalue weighted by Crippen LogP contribution is 2.10. The summed E-state index contributed by atoms with van der Waals surface area (Å²) in [6, 6.07) is -0.375. The van der Waals surface area contributed by atoms with Crippen LogP contribution in [-0.2, 0) is 4.79 Å². The molecular formula is C10H21N3O3. The maximum Gasteiger partial charge on any atom is 0.314 e. The molecule has 0 fully saturated rings. The smallest absolute Gasteiger partial charge is 0.314 e. The summed E-state index contributed by atoms with van der Waals surface area (Å²) < 4.78 is 0. The Labute approximate surface area is 95.6 Å². The van der Waals surface area contributed by atoms with Crippen molar-refractivity contribution in [1.82, 2.24) is 10.6 Å². The van der Waals surface area contributed by atoms with E-state index < -0.39 is 11.9 Å². The van der Waals surface area contributed by atoms with E-state index in [4.69, 9.17) is 10.8 Å². The van der Waals surface area contributed by atoms with Gasteiger partial charge in [0, 0.05) is 19.6 Å². The molecule has 0 aliphatic carbocycles. The summed E-state index contributed by atoms with van der Waals surface area (Å²) in [6.45, 7) is 4.79. The highest BCUT2D eigenvalue weighted by molar-refractivity contribution is 5.75. The third-order valence-corrected chi connectivity index (χ3v) is 2.04. The number of nitrogens with two attached hydrogens (primary N) is 1. The van der Waals surface area contributed by atoms with E-state index in [0.29, 0.717) is 19.5 Å². The number of carbonyl (C=O) groups is 2. The first kappa shape index (κ1) is 14.7. The third kappa shape index (κ3) is 7.05. The number of carboxylic acids is 1. The molecule has 0 heterocycles. The van der Waals surface area contributed by atoms with Gasteiger partial charge in [0.2, 0.25) is 0 Å². The van der Waals surface area contributed by atoms with Gasteiger partial charge in [0.15, 0.2) is 0 Å². The molecule has 0 rings (SSSR count). The van der Waals surface area contributed by atoms with E-state index in [2.05, 4.69) is 10.6 Å². The van der Waals surface area contributed by atoms with Crippen molar-refractivity contribution >= 4 is 12.0 Å². The van der Waals surface area contributed by atoms with E-state index >= 15 is 0 Å². The van der Waals surface area contributed by atoms with Gasteiger partial charge in [-0.3, -0.25) is 4.79 Å². The van der Waals surface area contributed by atoms with Crippen LogP contribution >= 0.6 is 0 Å². The summed E-state index contributed by atoms with van der Waals surface area (Å²) >= 11 is 0. The fraction of sp³-hybridized carbons (Fsp3) is 0.800. The minimum atomic E-state index is -0.882. The summed E-state index contributed by atoms with van der Waals surface area (Å²) in [5.41, 5.74) is 5.21. The molecule has 0 bridgehead atoms. The van der Waals surface area contributed by atoms with Crippen LogP contribution in [0.5, 0.6) is 0 Å². The Balaban J connectivity index is 3.92. The summed E-state index contributed by atoms with van der Waals surface area (Å²) in [5.74, 6) is -1.13. The molecule has 5 N–H and O–H groups in total. The molecule has 2 amide bonds. The lowest BCUT2D eigenvalue weighted by Crippen LogP contribution is -2.41. The van der Waals surface area contributed by atoms with E-state index in [1.54, 1.807) is 0 Å². The molecule has 0 aliphatic heterocycles. The Hall–Kier alpha value is -1.30. The summed E-state index contributed by atoms with van der Waals surface area (Å²) in [6.07, 6.45) is 0.548. The number of amides is 2. The lowest BCUT2D eigenvalue weighted by Gasteiger charge is -2.15. The number of hydrogen-bond acceptors (Lipinski definition) is 3. The second-order valence-electron chi connectivity index (χ2n) is 4.09. The van der Waals surface area contributed by atoms with Crippen LogP contribution in [-0.4, -0.2) is 36.7 Å². The average molecular weight is 231 g/mol. The molecule has 0 aliphatic rings. The van der Waals surface area contributed by atoms with Crippen LogP contribution in [0.25, 0.3) is 0 Å². The molecule has 0 spiro atoms. The lowest BCUT2D eigenvalue weighted by atomic mass is 9.97. The molecule has 0 aromatic rings. The molecule has 6 heteroatoms.